The monoisotopic (exact) mass is 551 g/mol. The van der Waals surface area contributed by atoms with Gasteiger partial charge in [-0.05, 0) is 54.7 Å². The summed E-state index contributed by atoms with van der Waals surface area (Å²) in [5.41, 5.74) is 3.34. The molecule has 0 saturated carbocycles. The van der Waals surface area contributed by atoms with Gasteiger partial charge in [0.15, 0.2) is 0 Å². The van der Waals surface area contributed by atoms with Crippen LogP contribution in [0.3, 0.4) is 0 Å². The van der Waals surface area contributed by atoms with Gasteiger partial charge in [-0.2, -0.15) is 0 Å². The number of amides is 1. The van der Waals surface area contributed by atoms with Crippen LogP contribution in [0.25, 0.3) is 5.57 Å². The van der Waals surface area contributed by atoms with E-state index in [0.29, 0.717) is 12.2 Å². The number of hydrogen-bond acceptors (Lipinski definition) is 7. The Labute approximate surface area is 237 Å². The van der Waals surface area contributed by atoms with Crippen molar-refractivity contribution in [3.63, 3.8) is 0 Å². The Bertz CT molecular complexity index is 1160. The van der Waals surface area contributed by atoms with E-state index in [1.54, 1.807) is 6.92 Å². The van der Waals surface area contributed by atoms with Crippen LogP contribution in [-0.4, -0.2) is 55.8 Å². The largest absolute Gasteiger partial charge is 0.493 e. The zero-order valence-corrected chi connectivity index (χ0v) is 24.0. The molecule has 1 aliphatic rings. The first-order valence-electron chi connectivity index (χ1n) is 13.9. The molecule has 8 nitrogen and oxygen atoms in total. The molecule has 1 aliphatic heterocycles. The number of rotatable bonds is 13. The molecule has 3 rings (SSSR count). The fourth-order valence-corrected chi connectivity index (χ4v) is 5.09. The number of ether oxygens (including phenoxy) is 4. The van der Waals surface area contributed by atoms with Gasteiger partial charge in [-0.25, -0.2) is 9.59 Å². The van der Waals surface area contributed by atoms with Gasteiger partial charge in [-0.3, -0.25) is 9.69 Å². The first-order chi connectivity index (χ1) is 19.3. The molecule has 2 aromatic carbocycles. The first-order valence-corrected chi connectivity index (χ1v) is 13.9. The van der Waals surface area contributed by atoms with Crippen molar-refractivity contribution in [1.29, 1.82) is 0 Å². The van der Waals surface area contributed by atoms with Gasteiger partial charge in [0.25, 0.3) is 0 Å². The highest BCUT2D eigenvalue weighted by Crippen LogP contribution is 2.42. The minimum Gasteiger partial charge on any atom is -0.493 e. The number of hydrogen-bond donors (Lipinski definition) is 0. The SMILES string of the molecule is C=C(c1ccc(OCCCCC)c(C)c1)[C@H]1CN(C(=O)OCc2ccccc2)[C@H](C(=O)OCC)[C@H]1CC(=O)OC. The molecular formula is C32H41NO7. The van der Waals surface area contributed by atoms with Crippen LogP contribution in [0.15, 0.2) is 55.1 Å². The maximum absolute atomic E-state index is 13.3. The van der Waals surface area contributed by atoms with Crippen LogP contribution in [0.5, 0.6) is 5.75 Å². The molecule has 2 aromatic rings. The molecule has 1 saturated heterocycles. The quantitative estimate of drug-likeness (QED) is 0.172. The molecule has 1 heterocycles. The summed E-state index contributed by atoms with van der Waals surface area (Å²) < 4.78 is 21.8. The minimum absolute atomic E-state index is 0.0535. The first kappa shape index (κ1) is 30.7. The average molecular weight is 552 g/mol. The highest BCUT2D eigenvalue weighted by atomic mass is 16.6. The standard InChI is InChI=1S/C32H41NO7/c1-6-8-12-17-39-28-16-15-25(18-22(28)3)23(4)27-20-33(32(36)40-21-24-13-10-9-11-14-24)30(31(35)38-7-2)26(27)19-29(34)37-5/h9-11,13-16,18,26-27,30H,4,6-8,12,17,19-21H2,1-3,5H3/t26-,27+,30-/m0/s1. The van der Waals surface area contributed by atoms with Gasteiger partial charge in [0.2, 0.25) is 0 Å². The fourth-order valence-electron chi connectivity index (χ4n) is 5.09. The molecule has 0 aliphatic carbocycles. The molecule has 3 atom stereocenters. The van der Waals surface area contributed by atoms with E-state index in [9.17, 15) is 14.4 Å². The summed E-state index contributed by atoms with van der Waals surface area (Å²) in [4.78, 5) is 40.4. The molecule has 8 heteroatoms. The lowest BCUT2D eigenvalue weighted by Gasteiger charge is -2.26. The second kappa shape index (κ2) is 15.1. The van der Waals surface area contributed by atoms with Crippen LogP contribution in [0.2, 0.25) is 0 Å². The van der Waals surface area contributed by atoms with E-state index in [1.807, 2.05) is 55.5 Å². The summed E-state index contributed by atoms with van der Waals surface area (Å²) in [7, 11) is 1.30. The van der Waals surface area contributed by atoms with Crippen molar-refractivity contribution < 1.29 is 33.3 Å². The van der Waals surface area contributed by atoms with Crippen LogP contribution in [0.4, 0.5) is 4.79 Å². The summed E-state index contributed by atoms with van der Waals surface area (Å²) in [6.07, 6.45) is 2.50. The molecule has 40 heavy (non-hydrogen) atoms. The second-order valence-electron chi connectivity index (χ2n) is 10.0. The van der Waals surface area contributed by atoms with E-state index in [-0.39, 0.29) is 26.2 Å². The molecule has 1 fully saturated rings. The molecule has 216 valence electrons. The number of methoxy groups -OCH3 is 1. The van der Waals surface area contributed by atoms with Crippen LogP contribution < -0.4 is 4.74 Å². The highest BCUT2D eigenvalue weighted by molar-refractivity contribution is 5.85. The van der Waals surface area contributed by atoms with Crippen LogP contribution >= 0.6 is 0 Å². The maximum Gasteiger partial charge on any atom is 0.410 e. The lowest BCUT2D eigenvalue weighted by Crippen LogP contribution is -2.45. The zero-order chi connectivity index (χ0) is 29.1. The Morgan fingerprint density at radius 2 is 1.77 bits per heavy atom. The van der Waals surface area contributed by atoms with E-state index in [0.717, 1.165) is 41.7 Å². The molecule has 0 spiro atoms. The Kier molecular flexibility index (Phi) is 11.6. The van der Waals surface area contributed by atoms with Gasteiger partial charge < -0.3 is 18.9 Å². The molecule has 0 unspecified atom stereocenters. The van der Waals surface area contributed by atoms with Crippen LogP contribution in [0.1, 0.15) is 56.2 Å². The molecule has 1 amide bonds. The predicted octanol–water partition coefficient (Wildman–Crippen LogP) is 5.96. The third kappa shape index (κ3) is 7.87. The number of esters is 2. The summed E-state index contributed by atoms with van der Waals surface area (Å²) in [6.45, 7) is 11.2. The van der Waals surface area contributed by atoms with Gasteiger partial charge >= 0.3 is 18.0 Å². The number of carbonyl (C=O) groups excluding carboxylic acids is 3. The minimum atomic E-state index is -1.02. The van der Waals surface area contributed by atoms with E-state index < -0.39 is 35.9 Å². The number of carbonyl (C=O) groups is 3. The zero-order valence-electron chi connectivity index (χ0n) is 24.0. The smallest absolute Gasteiger partial charge is 0.410 e. The van der Waals surface area contributed by atoms with Gasteiger partial charge in [0.1, 0.15) is 18.4 Å². The van der Waals surface area contributed by atoms with Crippen LogP contribution in [0, 0.1) is 18.8 Å². The van der Waals surface area contributed by atoms with Crippen molar-refractivity contribution in [1.82, 2.24) is 4.90 Å². The molecule has 0 aromatic heterocycles. The number of nitrogens with zero attached hydrogens (tertiary/aromatic N) is 1. The van der Waals surface area contributed by atoms with Crippen molar-refractivity contribution in [2.75, 3.05) is 26.9 Å². The lowest BCUT2D eigenvalue weighted by molar-refractivity contribution is -0.150. The van der Waals surface area contributed by atoms with Crippen molar-refractivity contribution in [3.8, 4) is 5.75 Å². The second-order valence-corrected chi connectivity index (χ2v) is 10.0. The topological polar surface area (TPSA) is 91.4 Å². The van der Waals surface area contributed by atoms with Gasteiger partial charge in [0.05, 0.1) is 26.7 Å². The van der Waals surface area contributed by atoms with Crippen molar-refractivity contribution in [2.24, 2.45) is 11.8 Å². The Hall–Kier alpha value is -3.81. The van der Waals surface area contributed by atoms with E-state index in [4.69, 9.17) is 18.9 Å². The molecular weight excluding hydrogens is 510 g/mol. The average Bonchev–Trinajstić information content (AvgIpc) is 3.34. The highest BCUT2D eigenvalue weighted by Gasteiger charge is 2.51. The van der Waals surface area contributed by atoms with Crippen LogP contribution in [-0.2, 0) is 30.4 Å². The summed E-state index contributed by atoms with van der Waals surface area (Å²) in [5.74, 6) is -1.28. The third-order valence-electron chi connectivity index (χ3n) is 7.25. The maximum atomic E-state index is 13.3. The summed E-state index contributed by atoms with van der Waals surface area (Å²) >= 11 is 0. The number of likely N-dealkylation sites (tertiary alicyclic amines) is 1. The van der Waals surface area contributed by atoms with Gasteiger partial charge in [0, 0.05) is 18.4 Å². The molecule has 0 bridgehead atoms. The fraction of sp³-hybridized carbons (Fsp3) is 0.469. The lowest BCUT2D eigenvalue weighted by atomic mass is 9.80. The van der Waals surface area contributed by atoms with Crippen molar-refractivity contribution in [2.45, 2.75) is 59.1 Å². The van der Waals surface area contributed by atoms with Crippen molar-refractivity contribution in [3.05, 3.63) is 71.8 Å². The molecule has 0 N–H and O–H groups in total. The number of aryl methyl sites for hydroxylation is 1. The van der Waals surface area contributed by atoms with Gasteiger partial charge in [-0.1, -0.05) is 62.7 Å². The number of benzene rings is 2. The normalized spacial score (nSPS) is 18.2. The Morgan fingerprint density at radius 1 is 1.02 bits per heavy atom. The number of unbranched alkanes of at least 4 members (excludes halogenated alkanes) is 2. The predicted molar refractivity (Wildman–Crippen MR) is 153 cm³/mol. The Balaban J connectivity index is 1.87. The van der Waals surface area contributed by atoms with Gasteiger partial charge in [-0.15, -0.1) is 0 Å². The van der Waals surface area contributed by atoms with Crippen molar-refractivity contribution >= 4 is 23.6 Å². The van der Waals surface area contributed by atoms with E-state index in [2.05, 4.69) is 13.5 Å². The summed E-state index contributed by atoms with van der Waals surface area (Å²) in [5, 5.41) is 0. The summed E-state index contributed by atoms with van der Waals surface area (Å²) in [6, 6.07) is 14.1. The molecule has 0 radical (unpaired) electrons. The Morgan fingerprint density at radius 3 is 2.42 bits per heavy atom. The third-order valence-corrected chi connectivity index (χ3v) is 7.25. The van der Waals surface area contributed by atoms with E-state index >= 15 is 0 Å². The van der Waals surface area contributed by atoms with E-state index in [1.165, 1.54) is 12.0 Å².